The molecule has 0 aromatic carbocycles. The van der Waals surface area contributed by atoms with Gasteiger partial charge in [0.05, 0.1) is 5.69 Å². The summed E-state index contributed by atoms with van der Waals surface area (Å²) in [4.78, 5) is 14.6. The Morgan fingerprint density at radius 2 is 1.80 bits per heavy atom. The molecule has 2 aromatic rings. The number of aryl methyl sites for hydroxylation is 3. The van der Waals surface area contributed by atoms with Crippen molar-refractivity contribution in [2.75, 3.05) is 26.2 Å². The zero-order valence-electron chi connectivity index (χ0n) is 17.4. The fourth-order valence-corrected chi connectivity index (χ4v) is 5.17. The second-order valence-corrected chi connectivity index (χ2v) is 9.20. The molecule has 166 valence electrons. The van der Waals surface area contributed by atoms with Gasteiger partial charge in [0.2, 0.25) is 15.9 Å². The maximum absolute atomic E-state index is 13.0. The molecule has 1 atom stereocenters. The number of hydrogen-bond acceptors (Lipinski definition) is 5. The Morgan fingerprint density at radius 1 is 1.17 bits per heavy atom. The predicted octanol–water partition coefficient (Wildman–Crippen LogP) is 1.75. The van der Waals surface area contributed by atoms with Crippen LogP contribution in [0, 0.1) is 13.8 Å². The third-order valence-electron chi connectivity index (χ3n) is 5.28. The summed E-state index contributed by atoms with van der Waals surface area (Å²) in [6, 6.07) is 0.503. The van der Waals surface area contributed by atoms with Crippen molar-refractivity contribution in [1.82, 2.24) is 28.8 Å². The molecule has 0 N–H and O–H groups in total. The second kappa shape index (κ2) is 8.42. The number of piperazine rings is 1. The van der Waals surface area contributed by atoms with Crippen molar-refractivity contribution in [2.45, 2.75) is 51.6 Å². The van der Waals surface area contributed by atoms with Crippen molar-refractivity contribution < 1.29 is 22.0 Å². The summed E-state index contributed by atoms with van der Waals surface area (Å²) in [6.07, 6.45) is -1.19. The first-order valence-corrected chi connectivity index (χ1v) is 11.2. The molecule has 0 spiro atoms. The second-order valence-electron chi connectivity index (χ2n) is 7.30. The van der Waals surface area contributed by atoms with Gasteiger partial charge in [0.25, 0.3) is 6.43 Å². The van der Waals surface area contributed by atoms with Gasteiger partial charge in [-0.15, -0.1) is 0 Å². The molecule has 0 saturated carbocycles. The number of aromatic nitrogens is 4. The first-order chi connectivity index (χ1) is 14.1. The topological polar surface area (TPSA) is 93.3 Å². The molecule has 30 heavy (non-hydrogen) atoms. The van der Waals surface area contributed by atoms with Crippen LogP contribution in [0.4, 0.5) is 8.78 Å². The number of sulfonamides is 1. The van der Waals surface area contributed by atoms with Crippen LogP contribution in [0.2, 0.25) is 0 Å². The van der Waals surface area contributed by atoms with E-state index in [-0.39, 0.29) is 42.7 Å². The Labute approximate surface area is 174 Å². The number of halogens is 2. The number of nitrogens with zero attached hydrogens (tertiary/aromatic N) is 6. The minimum atomic E-state index is -3.71. The van der Waals surface area contributed by atoms with Crippen LogP contribution >= 0.6 is 0 Å². The van der Waals surface area contributed by atoms with Crippen LogP contribution in [-0.2, 0) is 21.4 Å². The number of rotatable bonds is 6. The van der Waals surface area contributed by atoms with Gasteiger partial charge in [0.15, 0.2) is 0 Å². The van der Waals surface area contributed by atoms with Crippen molar-refractivity contribution in [1.29, 1.82) is 0 Å². The van der Waals surface area contributed by atoms with Crippen LogP contribution in [0.1, 0.15) is 43.4 Å². The molecule has 0 bridgehead atoms. The van der Waals surface area contributed by atoms with Crippen molar-refractivity contribution in [2.24, 2.45) is 0 Å². The summed E-state index contributed by atoms with van der Waals surface area (Å²) >= 11 is 0. The largest absolute Gasteiger partial charge is 0.338 e. The first-order valence-electron chi connectivity index (χ1n) is 9.73. The lowest BCUT2D eigenvalue weighted by Crippen LogP contribution is -2.51. The lowest BCUT2D eigenvalue weighted by Gasteiger charge is -2.35. The Balaban J connectivity index is 1.69. The molecule has 0 aliphatic carbocycles. The number of carbonyl (C=O) groups is 1. The predicted molar refractivity (Wildman–Crippen MR) is 105 cm³/mol. The Kier molecular flexibility index (Phi) is 6.27. The molecule has 1 fully saturated rings. The van der Waals surface area contributed by atoms with Crippen molar-refractivity contribution >= 4 is 15.9 Å². The highest BCUT2D eigenvalue weighted by molar-refractivity contribution is 7.89. The lowest BCUT2D eigenvalue weighted by atomic mass is 10.2. The third-order valence-corrected chi connectivity index (χ3v) is 7.28. The van der Waals surface area contributed by atoms with Gasteiger partial charge >= 0.3 is 0 Å². The van der Waals surface area contributed by atoms with E-state index in [0.29, 0.717) is 17.9 Å². The van der Waals surface area contributed by atoms with Crippen LogP contribution in [0.5, 0.6) is 0 Å². The number of amides is 1. The molecule has 12 heteroatoms. The van der Waals surface area contributed by atoms with Gasteiger partial charge in [-0.05, 0) is 33.8 Å². The zero-order chi connectivity index (χ0) is 22.2. The number of alkyl halides is 2. The molecule has 1 unspecified atom stereocenters. The SMILES string of the molecule is CCn1cc(S(=O)(=O)N2CCN(C(=O)C(C)n3nc(C(F)F)cc3C)CC2)c(C)n1. The summed E-state index contributed by atoms with van der Waals surface area (Å²) < 4.78 is 55.9. The molecular weight excluding hydrogens is 418 g/mol. The van der Waals surface area contributed by atoms with Crippen LogP contribution < -0.4 is 0 Å². The normalized spacial score (nSPS) is 17.0. The minimum absolute atomic E-state index is 0.151. The zero-order valence-corrected chi connectivity index (χ0v) is 18.2. The van der Waals surface area contributed by atoms with E-state index in [2.05, 4.69) is 10.2 Å². The average Bonchev–Trinajstić information content (AvgIpc) is 3.30. The Hall–Kier alpha value is -2.34. The Bertz CT molecular complexity index is 1020. The van der Waals surface area contributed by atoms with E-state index < -0.39 is 22.5 Å². The van der Waals surface area contributed by atoms with Gasteiger partial charge in [0.1, 0.15) is 16.6 Å². The van der Waals surface area contributed by atoms with E-state index in [1.807, 2.05) is 6.92 Å². The quantitative estimate of drug-likeness (QED) is 0.677. The summed E-state index contributed by atoms with van der Waals surface area (Å²) in [6.45, 7) is 8.04. The van der Waals surface area contributed by atoms with Gasteiger partial charge in [-0.25, -0.2) is 17.2 Å². The molecule has 9 nitrogen and oxygen atoms in total. The van der Waals surface area contributed by atoms with Crippen LogP contribution in [0.3, 0.4) is 0 Å². The molecule has 1 aliphatic rings. The fourth-order valence-electron chi connectivity index (χ4n) is 3.58. The van der Waals surface area contributed by atoms with Gasteiger partial charge in [-0.3, -0.25) is 14.2 Å². The summed E-state index contributed by atoms with van der Waals surface area (Å²) in [5, 5.41) is 8.04. The molecule has 3 rings (SSSR count). The van der Waals surface area contributed by atoms with Gasteiger partial charge < -0.3 is 4.90 Å². The standard InChI is InChI=1S/C18H26F2N6O3S/c1-5-24-11-16(13(3)21-24)30(28,29)25-8-6-23(7-9-25)18(27)14(4)26-12(2)10-15(22-26)17(19)20/h10-11,14,17H,5-9H2,1-4H3. The van der Waals surface area contributed by atoms with E-state index in [1.165, 1.54) is 21.3 Å². The highest BCUT2D eigenvalue weighted by atomic mass is 32.2. The van der Waals surface area contributed by atoms with Crippen LogP contribution in [0.25, 0.3) is 0 Å². The highest BCUT2D eigenvalue weighted by Crippen LogP contribution is 2.23. The number of carbonyl (C=O) groups excluding carboxylic acids is 1. The highest BCUT2D eigenvalue weighted by Gasteiger charge is 2.34. The first kappa shape index (κ1) is 22.3. The molecule has 0 radical (unpaired) electrons. The minimum Gasteiger partial charge on any atom is -0.338 e. The summed E-state index contributed by atoms with van der Waals surface area (Å²) in [7, 11) is -3.71. The van der Waals surface area contributed by atoms with Crippen LogP contribution in [-0.4, -0.2) is 69.3 Å². The molecule has 1 saturated heterocycles. The molecular formula is C18H26F2N6O3S. The maximum atomic E-state index is 13.0. The van der Waals surface area contributed by atoms with Crippen molar-refractivity contribution in [3.8, 4) is 0 Å². The van der Waals surface area contributed by atoms with Gasteiger partial charge in [0, 0.05) is 44.6 Å². The van der Waals surface area contributed by atoms with E-state index in [1.54, 1.807) is 30.4 Å². The van der Waals surface area contributed by atoms with Crippen molar-refractivity contribution in [3.05, 3.63) is 29.3 Å². The molecule has 1 amide bonds. The smallest absolute Gasteiger partial charge is 0.282 e. The molecule has 3 heterocycles. The molecule has 1 aliphatic heterocycles. The average molecular weight is 445 g/mol. The van der Waals surface area contributed by atoms with E-state index >= 15 is 0 Å². The van der Waals surface area contributed by atoms with Crippen LogP contribution in [0.15, 0.2) is 17.2 Å². The maximum Gasteiger partial charge on any atom is 0.282 e. The summed E-state index contributed by atoms with van der Waals surface area (Å²) in [5.41, 5.74) is 0.537. The van der Waals surface area contributed by atoms with Crippen molar-refractivity contribution in [3.63, 3.8) is 0 Å². The summed E-state index contributed by atoms with van der Waals surface area (Å²) in [5.74, 6) is -0.283. The monoisotopic (exact) mass is 444 g/mol. The molecule has 2 aromatic heterocycles. The van der Waals surface area contributed by atoms with E-state index in [4.69, 9.17) is 0 Å². The fraction of sp³-hybridized carbons (Fsp3) is 0.611. The number of hydrogen-bond donors (Lipinski definition) is 0. The van der Waals surface area contributed by atoms with Gasteiger partial charge in [-0.2, -0.15) is 14.5 Å². The Morgan fingerprint density at radius 3 is 2.30 bits per heavy atom. The van der Waals surface area contributed by atoms with Gasteiger partial charge in [-0.1, -0.05) is 0 Å². The third kappa shape index (κ3) is 4.10. The lowest BCUT2D eigenvalue weighted by molar-refractivity contribution is -0.135. The van der Waals surface area contributed by atoms with E-state index in [9.17, 15) is 22.0 Å². The van der Waals surface area contributed by atoms with E-state index in [0.717, 1.165) is 0 Å².